The third kappa shape index (κ3) is 7.06. The normalized spacial score (nSPS) is 10.6. The van der Waals surface area contributed by atoms with Crippen LogP contribution >= 0.6 is 34.8 Å². The lowest BCUT2D eigenvalue weighted by atomic mass is 10.1. The Bertz CT molecular complexity index is 1030. The van der Waals surface area contributed by atoms with Gasteiger partial charge in [0.05, 0.1) is 27.4 Å². The molecule has 3 rings (SSSR count). The van der Waals surface area contributed by atoms with Crippen LogP contribution in [0.3, 0.4) is 0 Å². The van der Waals surface area contributed by atoms with Gasteiger partial charge in [-0.3, -0.25) is 0 Å². The largest absolute Gasteiger partial charge is 0.494 e. The van der Waals surface area contributed by atoms with E-state index in [9.17, 15) is 4.79 Å². The molecule has 168 valence electrons. The van der Waals surface area contributed by atoms with Crippen molar-refractivity contribution in [2.75, 3.05) is 11.9 Å². The van der Waals surface area contributed by atoms with Gasteiger partial charge in [-0.2, -0.15) is 0 Å². The molecule has 3 aromatic carbocycles. The van der Waals surface area contributed by atoms with Crippen molar-refractivity contribution in [3.8, 4) is 5.75 Å². The van der Waals surface area contributed by atoms with Crippen molar-refractivity contribution in [2.24, 2.45) is 0 Å². The summed E-state index contributed by atoms with van der Waals surface area (Å²) in [6.45, 7) is 3.67. The minimum Gasteiger partial charge on any atom is -0.494 e. The molecule has 0 aliphatic carbocycles. The molecule has 0 saturated carbocycles. The molecular weight excluding hydrogens is 467 g/mol. The molecule has 2 amide bonds. The van der Waals surface area contributed by atoms with Gasteiger partial charge in [0, 0.05) is 13.1 Å². The molecule has 0 aliphatic rings. The summed E-state index contributed by atoms with van der Waals surface area (Å²) in [5, 5.41) is 3.82. The van der Waals surface area contributed by atoms with E-state index in [1.807, 2.05) is 54.6 Å². The first kappa shape index (κ1) is 24.2. The summed E-state index contributed by atoms with van der Waals surface area (Å²) >= 11 is 18.4. The van der Waals surface area contributed by atoms with Gasteiger partial charge in [-0.1, -0.05) is 90.6 Å². The van der Waals surface area contributed by atoms with Crippen molar-refractivity contribution in [2.45, 2.75) is 32.9 Å². The topological polar surface area (TPSA) is 41.6 Å². The Kier molecular flexibility index (Phi) is 9.10. The first-order chi connectivity index (χ1) is 15.5. The zero-order valence-electron chi connectivity index (χ0n) is 17.8. The minimum absolute atomic E-state index is 0.294. The number of urea groups is 1. The molecule has 0 heterocycles. The Morgan fingerprint density at radius 3 is 2.16 bits per heavy atom. The number of halogens is 3. The molecular formula is C25H25Cl3N2O2. The highest BCUT2D eigenvalue weighted by molar-refractivity contribution is 6.44. The molecule has 0 saturated heterocycles. The first-order valence-electron chi connectivity index (χ1n) is 10.4. The number of benzene rings is 3. The smallest absolute Gasteiger partial charge is 0.322 e. The average Bonchev–Trinajstić information content (AvgIpc) is 2.79. The fourth-order valence-electron chi connectivity index (χ4n) is 3.06. The second kappa shape index (κ2) is 12.0. The number of carbonyl (C=O) groups excluding carboxylic acids is 1. The number of anilines is 1. The predicted molar refractivity (Wildman–Crippen MR) is 133 cm³/mol. The quantitative estimate of drug-likeness (QED) is 0.243. The summed E-state index contributed by atoms with van der Waals surface area (Å²) in [5.74, 6) is 0.823. The van der Waals surface area contributed by atoms with E-state index >= 15 is 0 Å². The average molecular weight is 492 g/mol. The van der Waals surface area contributed by atoms with Crippen molar-refractivity contribution >= 4 is 46.5 Å². The van der Waals surface area contributed by atoms with Crippen LogP contribution in [0, 0.1) is 0 Å². The van der Waals surface area contributed by atoms with Crippen molar-refractivity contribution < 1.29 is 9.53 Å². The molecule has 0 aliphatic heterocycles. The van der Waals surface area contributed by atoms with Crippen LogP contribution < -0.4 is 10.1 Å². The maximum Gasteiger partial charge on any atom is 0.322 e. The van der Waals surface area contributed by atoms with Gasteiger partial charge >= 0.3 is 6.03 Å². The molecule has 32 heavy (non-hydrogen) atoms. The predicted octanol–water partition coefficient (Wildman–Crippen LogP) is 8.06. The zero-order valence-corrected chi connectivity index (χ0v) is 20.1. The van der Waals surface area contributed by atoms with Gasteiger partial charge in [-0.25, -0.2) is 4.79 Å². The van der Waals surface area contributed by atoms with Crippen LogP contribution in [0.2, 0.25) is 15.1 Å². The third-order valence-corrected chi connectivity index (χ3v) is 5.85. The number of unbranched alkanes of at least 4 members (excludes halogenated alkanes) is 1. The van der Waals surface area contributed by atoms with Gasteiger partial charge < -0.3 is 15.0 Å². The number of rotatable bonds is 9. The molecule has 0 unspecified atom stereocenters. The Morgan fingerprint density at radius 1 is 0.875 bits per heavy atom. The number of amides is 2. The van der Waals surface area contributed by atoms with Crippen molar-refractivity contribution in [1.29, 1.82) is 0 Å². The summed E-state index contributed by atoms with van der Waals surface area (Å²) in [4.78, 5) is 14.9. The molecule has 0 bridgehead atoms. The summed E-state index contributed by atoms with van der Waals surface area (Å²) < 4.78 is 5.73. The van der Waals surface area contributed by atoms with Crippen LogP contribution in [0.4, 0.5) is 10.5 Å². The maximum atomic E-state index is 13.2. The Balaban J connectivity index is 1.76. The molecule has 0 spiro atoms. The Hall–Kier alpha value is -2.40. The van der Waals surface area contributed by atoms with Gasteiger partial charge in [0.25, 0.3) is 0 Å². The molecule has 0 aromatic heterocycles. The highest BCUT2D eigenvalue weighted by atomic mass is 35.5. The van der Waals surface area contributed by atoms with Gasteiger partial charge in [0.15, 0.2) is 0 Å². The van der Waals surface area contributed by atoms with E-state index in [-0.39, 0.29) is 6.03 Å². The van der Waals surface area contributed by atoms with Crippen LogP contribution in [0.15, 0.2) is 66.7 Å². The van der Waals surface area contributed by atoms with Gasteiger partial charge in [-0.05, 0) is 41.8 Å². The fourth-order valence-corrected chi connectivity index (χ4v) is 3.66. The monoisotopic (exact) mass is 490 g/mol. The number of carbonyl (C=O) groups is 1. The molecule has 7 heteroatoms. The highest BCUT2D eigenvalue weighted by Crippen LogP contribution is 2.32. The SMILES string of the molecule is CCCCOc1ccc(CN(Cc2ccccc2)C(=O)Nc2cc(Cl)c(Cl)cc2Cl)cc1. The summed E-state index contributed by atoms with van der Waals surface area (Å²) in [6, 6.07) is 20.4. The van der Waals surface area contributed by atoms with Crippen LogP contribution in [0.25, 0.3) is 0 Å². The summed E-state index contributed by atoms with van der Waals surface area (Å²) in [7, 11) is 0. The van der Waals surface area contributed by atoms with E-state index in [4.69, 9.17) is 39.5 Å². The van der Waals surface area contributed by atoms with Gasteiger partial charge in [0.2, 0.25) is 0 Å². The van der Waals surface area contributed by atoms with Gasteiger partial charge in [-0.15, -0.1) is 0 Å². The molecule has 3 aromatic rings. The van der Waals surface area contributed by atoms with E-state index in [1.165, 1.54) is 6.07 Å². The Morgan fingerprint density at radius 2 is 1.50 bits per heavy atom. The summed E-state index contributed by atoms with van der Waals surface area (Å²) in [6.07, 6.45) is 2.11. The molecule has 4 nitrogen and oxygen atoms in total. The number of nitrogens with zero attached hydrogens (tertiary/aromatic N) is 1. The third-order valence-electron chi connectivity index (χ3n) is 4.82. The lowest BCUT2D eigenvalue weighted by Gasteiger charge is -2.24. The van der Waals surface area contributed by atoms with Crippen molar-refractivity contribution in [3.05, 3.63) is 92.9 Å². The molecule has 0 atom stereocenters. The number of nitrogens with one attached hydrogen (secondary N) is 1. The van der Waals surface area contributed by atoms with E-state index in [0.717, 1.165) is 29.7 Å². The van der Waals surface area contributed by atoms with E-state index in [0.29, 0.717) is 40.5 Å². The van der Waals surface area contributed by atoms with Crippen molar-refractivity contribution in [1.82, 2.24) is 4.90 Å². The van der Waals surface area contributed by atoms with E-state index in [1.54, 1.807) is 11.0 Å². The second-order valence-electron chi connectivity index (χ2n) is 7.36. The lowest BCUT2D eigenvalue weighted by molar-refractivity contribution is 0.206. The van der Waals surface area contributed by atoms with Crippen LogP contribution in [0.5, 0.6) is 5.75 Å². The fraction of sp³-hybridized carbons (Fsp3) is 0.240. The number of ether oxygens (including phenoxy) is 1. The second-order valence-corrected chi connectivity index (χ2v) is 8.59. The van der Waals surface area contributed by atoms with E-state index in [2.05, 4.69) is 12.2 Å². The molecule has 0 radical (unpaired) electrons. The first-order valence-corrected chi connectivity index (χ1v) is 11.6. The number of hydrogen-bond donors (Lipinski definition) is 1. The standard InChI is InChI=1S/C25H25Cl3N2O2/c1-2-3-13-32-20-11-9-19(10-12-20)17-30(16-18-7-5-4-6-8-18)25(31)29-24-15-22(27)21(26)14-23(24)28/h4-12,14-15H,2-3,13,16-17H2,1H3,(H,29,31). The van der Waals surface area contributed by atoms with Crippen LogP contribution in [0.1, 0.15) is 30.9 Å². The zero-order chi connectivity index (χ0) is 22.9. The summed E-state index contributed by atoms with van der Waals surface area (Å²) in [5.41, 5.74) is 2.41. The minimum atomic E-state index is -0.294. The van der Waals surface area contributed by atoms with Gasteiger partial charge in [0.1, 0.15) is 5.75 Å². The van der Waals surface area contributed by atoms with E-state index < -0.39 is 0 Å². The maximum absolute atomic E-state index is 13.2. The van der Waals surface area contributed by atoms with Crippen LogP contribution in [-0.2, 0) is 13.1 Å². The highest BCUT2D eigenvalue weighted by Gasteiger charge is 2.17. The van der Waals surface area contributed by atoms with Crippen molar-refractivity contribution in [3.63, 3.8) is 0 Å². The molecule has 1 N–H and O–H groups in total. The molecule has 0 fully saturated rings. The Labute approximate surface area is 204 Å². The van der Waals surface area contributed by atoms with Crippen LogP contribution in [-0.4, -0.2) is 17.5 Å². The lowest BCUT2D eigenvalue weighted by Crippen LogP contribution is -2.34. The number of hydrogen-bond acceptors (Lipinski definition) is 2.